The van der Waals surface area contributed by atoms with Gasteiger partial charge in [-0.25, -0.2) is 4.79 Å². The summed E-state index contributed by atoms with van der Waals surface area (Å²) in [4.78, 5) is 11.7. The lowest BCUT2D eigenvalue weighted by atomic mass is 10.1. The molecule has 88 valence electrons. The molecule has 1 aromatic carbocycles. The Morgan fingerprint density at radius 2 is 1.75 bits per heavy atom. The van der Waals surface area contributed by atoms with Gasteiger partial charge in [0.2, 0.25) is 0 Å². The van der Waals surface area contributed by atoms with Gasteiger partial charge in [0, 0.05) is 0 Å². The number of aliphatic hydroxyl groups excluding tert-OH is 1. The molecule has 0 aliphatic rings. The van der Waals surface area contributed by atoms with Crippen LogP contribution in [0.4, 0.5) is 0 Å². The topological polar surface area (TPSA) is 46.5 Å². The van der Waals surface area contributed by atoms with E-state index in [-0.39, 0.29) is 5.97 Å². The van der Waals surface area contributed by atoms with Crippen LogP contribution in [0.15, 0.2) is 24.3 Å². The average Bonchev–Trinajstić information content (AvgIpc) is 2.15. The molecule has 0 bridgehead atoms. The maximum absolute atomic E-state index is 11.7. The van der Waals surface area contributed by atoms with Gasteiger partial charge in [-0.2, -0.15) is 0 Å². The van der Waals surface area contributed by atoms with Crippen molar-refractivity contribution < 1.29 is 14.6 Å². The highest BCUT2D eigenvalue weighted by Gasteiger charge is 2.17. The van der Waals surface area contributed by atoms with Crippen molar-refractivity contribution in [1.29, 1.82) is 0 Å². The Morgan fingerprint density at radius 3 is 2.12 bits per heavy atom. The summed E-state index contributed by atoms with van der Waals surface area (Å²) in [5, 5.41) is 9.32. The number of hydrogen-bond acceptors (Lipinski definition) is 3. The number of aliphatic hydroxyl groups is 1. The molecule has 3 nitrogen and oxygen atoms in total. The standard InChI is InChI=1S/C13H18O3/c1-9(14)10-5-7-11(8-6-10)12(15)16-13(2,3)4/h5-9,14H,1-4H3. The van der Waals surface area contributed by atoms with E-state index in [1.165, 1.54) is 0 Å². The van der Waals surface area contributed by atoms with E-state index in [1.54, 1.807) is 31.2 Å². The van der Waals surface area contributed by atoms with Crippen molar-refractivity contribution in [2.24, 2.45) is 0 Å². The smallest absolute Gasteiger partial charge is 0.338 e. The molecule has 1 atom stereocenters. The minimum Gasteiger partial charge on any atom is -0.456 e. The van der Waals surface area contributed by atoms with E-state index in [4.69, 9.17) is 4.74 Å². The molecule has 0 radical (unpaired) electrons. The van der Waals surface area contributed by atoms with Gasteiger partial charge in [0.25, 0.3) is 0 Å². The maximum Gasteiger partial charge on any atom is 0.338 e. The number of benzene rings is 1. The minimum atomic E-state index is -0.521. The van der Waals surface area contributed by atoms with E-state index in [9.17, 15) is 9.90 Å². The molecule has 3 heteroatoms. The number of hydrogen-bond donors (Lipinski definition) is 1. The molecule has 0 fully saturated rings. The summed E-state index contributed by atoms with van der Waals surface area (Å²) in [6.45, 7) is 7.17. The van der Waals surface area contributed by atoms with Crippen LogP contribution in [-0.4, -0.2) is 16.7 Å². The largest absolute Gasteiger partial charge is 0.456 e. The van der Waals surface area contributed by atoms with Crippen LogP contribution in [0.5, 0.6) is 0 Å². The lowest BCUT2D eigenvalue weighted by molar-refractivity contribution is 0.00694. The average molecular weight is 222 g/mol. The van der Waals surface area contributed by atoms with Crippen LogP contribution >= 0.6 is 0 Å². The number of ether oxygens (including phenoxy) is 1. The fraction of sp³-hybridized carbons (Fsp3) is 0.462. The Bertz CT molecular complexity index is 358. The SMILES string of the molecule is CC(O)c1ccc(C(=O)OC(C)(C)C)cc1. The third-order valence-electron chi connectivity index (χ3n) is 2.03. The van der Waals surface area contributed by atoms with Gasteiger partial charge < -0.3 is 9.84 Å². The zero-order valence-corrected chi connectivity index (χ0v) is 10.2. The van der Waals surface area contributed by atoms with Crippen LogP contribution < -0.4 is 0 Å². The van der Waals surface area contributed by atoms with Gasteiger partial charge in [-0.1, -0.05) is 12.1 Å². The molecule has 16 heavy (non-hydrogen) atoms. The molecule has 1 rings (SSSR count). The number of esters is 1. The zero-order valence-electron chi connectivity index (χ0n) is 10.2. The van der Waals surface area contributed by atoms with Crippen LogP contribution in [0.3, 0.4) is 0 Å². The molecule has 1 N–H and O–H groups in total. The number of carbonyl (C=O) groups is 1. The third-order valence-corrected chi connectivity index (χ3v) is 2.03. The van der Waals surface area contributed by atoms with Crippen LogP contribution in [0.1, 0.15) is 49.7 Å². The van der Waals surface area contributed by atoms with Crippen molar-refractivity contribution in [2.45, 2.75) is 39.4 Å². The quantitative estimate of drug-likeness (QED) is 0.782. The van der Waals surface area contributed by atoms with Gasteiger partial charge in [-0.05, 0) is 45.4 Å². The first-order chi connectivity index (χ1) is 7.29. The van der Waals surface area contributed by atoms with Crippen LogP contribution in [0, 0.1) is 0 Å². The molecule has 1 unspecified atom stereocenters. The Morgan fingerprint density at radius 1 is 1.25 bits per heavy atom. The number of carbonyl (C=O) groups excluding carboxylic acids is 1. The molecule has 0 saturated heterocycles. The fourth-order valence-electron chi connectivity index (χ4n) is 1.23. The van der Waals surface area contributed by atoms with E-state index in [2.05, 4.69) is 0 Å². The lowest BCUT2D eigenvalue weighted by Crippen LogP contribution is -2.23. The second kappa shape index (κ2) is 4.66. The van der Waals surface area contributed by atoms with Crippen LogP contribution in [-0.2, 0) is 4.74 Å². The van der Waals surface area contributed by atoms with Crippen molar-refractivity contribution >= 4 is 5.97 Å². The van der Waals surface area contributed by atoms with Gasteiger partial charge in [-0.15, -0.1) is 0 Å². The van der Waals surface area contributed by atoms with E-state index in [0.717, 1.165) is 5.56 Å². The van der Waals surface area contributed by atoms with Crippen LogP contribution in [0.2, 0.25) is 0 Å². The Labute approximate surface area is 96.1 Å². The highest BCUT2D eigenvalue weighted by Crippen LogP contribution is 2.15. The Balaban J connectivity index is 2.78. The third kappa shape index (κ3) is 3.66. The molecule has 0 amide bonds. The summed E-state index contributed by atoms with van der Waals surface area (Å²) in [6, 6.07) is 6.78. The number of rotatable bonds is 2. The molecular formula is C13H18O3. The second-order valence-corrected chi connectivity index (χ2v) is 4.80. The van der Waals surface area contributed by atoms with Gasteiger partial charge in [0.1, 0.15) is 5.60 Å². The van der Waals surface area contributed by atoms with Crippen molar-refractivity contribution in [2.75, 3.05) is 0 Å². The zero-order chi connectivity index (χ0) is 12.3. The van der Waals surface area contributed by atoms with E-state index in [1.807, 2.05) is 20.8 Å². The summed E-state index contributed by atoms with van der Waals surface area (Å²) < 4.78 is 5.22. The molecule has 0 aromatic heterocycles. The first kappa shape index (κ1) is 12.7. The van der Waals surface area contributed by atoms with Gasteiger partial charge in [-0.3, -0.25) is 0 Å². The highest BCUT2D eigenvalue weighted by molar-refractivity contribution is 5.89. The Kier molecular flexibility index (Phi) is 3.70. The van der Waals surface area contributed by atoms with Crippen molar-refractivity contribution in [1.82, 2.24) is 0 Å². The normalized spacial score (nSPS) is 13.3. The summed E-state index contributed by atoms with van der Waals surface area (Å²) in [6.07, 6.45) is -0.521. The molecule has 0 saturated carbocycles. The molecule has 0 aliphatic heterocycles. The van der Waals surface area contributed by atoms with Crippen LogP contribution in [0.25, 0.3) is 0 Å². The molecular weight excluding hydrogens is 204 g/mol. The predicted molar refractivity (Wildman–Crippen MR) is 62.2 cm³/mol. The first-order valence-corrected chi connectivity index (χ1v) is 5.31. The lowest BCUT2D eigenvalue weighted by Gasteiger charge is -2.19. The second-order valence-electron chi connectivity index (χ2n) is 4.80. The summed E-state index contributed by atoms with van der Waals surface area (Å²) in [5.41, 5.74) is 0.798. The van der Waals surface area contributed by atoms with E-state index >= 15 is 0 Å². The highest BCUT2D eigenvalue weighted by atomic mass is 16.6. The molecule has 1 aromatic rings. The summed E-state index contributed by atoms with van der Waals surface area (Å²) in [5.74, 6) is -0.343. The predicted octanol–water partition coefficient (Wildman–Crippen LogP) is 2.70. The first-order valence-electron chi connectivity index (χ1n) is 5.31. The minimum absolute atomic E-state index is 0.343. The Hall–Kier alpha value is -1.35. The van der Waals surface area contributed by atoms with Gasteiger partial charge >= 0.3 is 5.97 Å². The van der Waals surface area contributed by atoms with Gasteiger partial charge in [0.05, 0.1) is 11.7 Å². The summed E-state index contributed by atoms with van der Waals surface area (Å²) in [7, 11) is 0. The monoisotopic (exact) mass is 222 g/mol. The summed E-state index contributed by atoms with van der Waals surface area (Å²) >= 11 is 0. The van der Waals surface area contributed by atoms with E-state index in [0.29, 0.717) is 5.56 Å². The van der Waals surface area contributed by atoms with E-state index < -0.39 is 11.7 Å². The molecule has 0 heterocycles. The van der Waals surface area contributed by atoms with Crippen molar-refractivity contribution in [3.05, 3.63) is 35.4 Å². The fourth-order valence-corrected chi connectivity index (χ4v) is 1.23. The van der Waals surface area contributed by atoms with Crippen molar-refractivity contribution in [3.63, 3.8) is 0 Å². The molecule has 0 spiro atoms. The molecule has 0 aliphatic carbocycles. The maximum atomic E-state index is 11.7. The van der Waals surface area contributed by atoms with Gasteiger partial charge in [0.15, 0.2) is 0 Å². The van der Waals surface area contributed by atoms with Crippen molar-refractivity contribution in [3.8, 4) is 0 Å².